The Morgan fingerprint density at radius 2 is 1.79 bits per heavy atom. The standard InChI is InChI=1S/C18H23N7O3S/c19-14-3-4-15-16(13-14)29(27,28)25(18(26)22-15)8-2-7-23-9-11-24(12-10-23)17-20-5-1-6-21-17/h1,3-6,13H,2,7-12,19H2,(H,22,26). The van der Waals surface area contributed by atoms with Crippen LogP contribution in [0.3, 0.4) is 0 Å². The molecule has 2 aromatic rings. The topological polar surface area (TPSA) is 125 Å². The zero-order valence-electron chi connectivity index (χ0n) is 15.9. The first-order valence-electron chi connectivity index (χ1n) is 9.43. The van der Waals surface area contributed by atoms with E-state index < -0.39 is 16.1 Å². The van der Waals surface area contributed by atoms with E-state index in [9.17, 15) is 13.2 Å². The van der Waals surface area contributed by atoms with E-state index in [-0.39, 0.29) is 17.1 Å². The fourth-order valence-corrected chi connectivity index (χ4v) is 5.10. The van der Waals surface area contributed by atoms with Gasteiger partial charge < -0.3 is 16.0 Å². The number of rotatable bonds is 5. The number of amides is 2. The summed E-state index contributed by atoms with van der Waals surface area (Å²) in [6, 6.07) is 5.60. The lowest BCUT2D eigenvalue weighted by Crippen LogP contribution is -2.48. The highest BCUT2D eigenvalue weighted by Crippen LogP contribution is 2.31. The van der Waals surface area contributed by atoms with E-state index in [2.05, 4.69) is 25.1 Å². The Morgan fingerprint density at radius 1 is 1.07 bits per heavy atom. The lowest BCUT2D eigenvalue weighted by Gasteiger charge is -2.35. The number of piperazine rings is 1. The molecule has 1 fully saturated rings. The molecule has 4 rings (SSSR count). The Hall–Kier alpha value is -2.92. The number of nitrogens with zero attached hydrogens (tertiary/aromatic N) is 5. The summed E-state index contributed by atoms with van der Waals surface area (Å²) in [5.41, 5.74) is 6.32. The summed E-state index contributed by atoms with van der Waals surface area (Å²) >= 11 is 0. The molecule has 0 spiro atoms. The van der Waals surface area contributed by atoms with Crippen molar-refractivity contribution in [3.05, 3.63) is 36.7 Å². The fourth-order valence-electron chi connectivity index (χ4n) is 3.55. The minimum Gasteiger partial charge on any atom is -0.399 e. The highest BCUT2D eigenvalue weighted by Gasteiger charge is 2.36. The minimum absolute atomic E-state index is 0.0357. The van der Waals surface area contributed by atoms with Gasteiger partial charge in [-0.2, -0.15) is 0 Å². The quantitative estimate of drug-likeness (QED) is 0.685. The van der Waals surface area contributed by atoms with Crippen LogP contribution in [-0.2, 0) is 10.0 Å². The van der Waals surface area contributed by atoms with Crippen LogP contribution >= 0.6 is 0 Å². The minimum atomic E-state index is -3.90. The van der Waals surface area contributed by atoms with Crippen molar-refractivity contribution in [1.82, 2.24) is 19.2 Å². The number of nitrogens with one attached hydrogen (secondary N) is 1. The zero-order valence-corrected chi connectivity index (χ0v) is 16.7. The van der Waals surface area contributed by atoms with Gasteiger partial charge in [-0.05, 0) is 30.7 Å². The Labute approximate surface area is 169 Å². The molecule has 154 valence electrons. The van der Waals surface area contributed by atoms with Crippen LogP contribution in [0, 0.1) is 0 Å². The van der Waals surface area contributed by atoms with Crippen molar-refractivity contribution in [1.29, 1.82) is 0 Å². The summed E-state index contributed by atoms with van der Waals surface area (Å²) in [6.07, 6.45) is 4.00. The lowest BCUT2D eigenvalue weighted by atomic mass is 10.3. The Bertz CT molecular complexity index is 992. The number of sulfonamides is 1. The molecule has 2 aliphatic heterocycles. The van der Waals surface area contributed by atoms with Gasteiger partial charge in [0.05, 0.1) is 5.69 Å². The molecule has 0 aliphatic carbocycles. The number of carbonyl (C=O) groups is 1. The molecule has 10 nitrogen and oxygen atoms in total. The summed E-state index contributed by atoms with van der Waals surface area (Å²) < 4.78 is 26.5. The van der Waals surface area contributed by atoms with Crippen LogP contribution in [0.1, 0.15) is 6.42 Å². The summed E-state index contributed by atoms with van der Waals surface area (Å²) in [4.78, 5) is 25.3. The highest BCUT2D eigenvalue weighted by molar-refractivity contribution is 7.90. The molecule has 0 atom stereocenters. The number of anilines is 3. The lowest BCUT2D eigenvalue weighted by molar-refractivity contribution is 0.225. The molecule has 11 heteroatoms. The number of nitrogen functional groups attached to an aromatic ring is 1. The normalized spacial score (nSPS) is 19.0. The third-order valence-electron chi connectivity index (χ3n) is 5.08. The van der Waals surface area contributed by atoms with Gasteiger partial charge in [0, 0.05) is 57.3 Å². The Morgan fingerprint density at radius 3 is 2.52 bits per heavy atom. The van der Waals surface area contributed by atoms with Gasteiger partial charge in [-0.25, -0.2) is 27.5 Å². The maximum Gasteiger partial charge on any atom is 0.335 e. The first-order valence-corrected chi connectivity index (χ1v) is 10.9. The molecule has 3 N–H and O–H groups in total. The number of carbonyl (C=O) groups excluding carboxylic acids is 1. The predicted octanol–water partition coefficient (Wildman–Crippen LogP) is 0.807. The summed E-state index contributed by atoms with van der Waals surface area (Å²) in [7, 11) is -3.90. The number of nitrogens with two attached hydrogens (primary N) is 1. The van der Waals surface area contributed by atoms with Crippen LogP contribution in [0.25, 0.3) is 0 Å². The molecule has 0 radical (unpaired) electrons. The first-order chi connectivity index (χ1) is 13.9. The van der Waals surface area contributed by atoms with Crippen molar-refractivity contribution in [3.8, 4) is 0 Å². The number of benzene rings is 1. The van der Waals surface area contributed by atoms with Crippen LogP contribution in [0.2, 0.25) is 0 Å². The van der Waals surface area contributed by atoms with Crippen molar-refractivity contribution in [2.24, 2.45) is 0 Å². The second-order valence-corrected chi connectivity index (χ2v) is 8.82. The van der Waals surface area contributed by atoms with Crippen molar-refractivity contribution in [2.75, 3.05) is 55.2 Å². The average molecular weight is 417 g/mol. The molecule has 1 aromatic carbocycles. The van der Waals surface area contributed by atoms with Gasteiger partial charge in [0.25, 0.3) is 10.0 Å². The van der Waals surface area contributed by atoms with E-state index in [1.807, 2.05) is 0 Å². The van der Waals surface area contributed by atoms with Gasteiger partial charge in [-0.3, -0.25) is 4.90 Å². The van der Waals surface area contributed by atoms with Crippen LogP contribution < -0.4 is 16.0 Å². The first kappa shape index (κ1) is 19.4. The average Bonchev–Trinajstić information content (AvgIpc) is 2.72. The van der Waals surface area contributed by atoms with E-state index in [1.165, 1.54) is 12.1 Å². The second-order valence-electron chi connectivity index (χ2n) is 6.99. The van der Waals surface area contributed by atoms with Gasteiger partial charge in [-0.15, -0.1) is 0 Å². The fraction of sp³-hybridized carbons (Fsp3) is 0.389. The van der Waals surface area contributed by atoms with E-state index in [0.29, 0.717) is 18.7 Å². The van der Waals surface area contributed by atoms with Crippen LogP contribution in [0.4, 0.5) is 22.1 Å². The van der Waals surface area contributed by atoms with Crippen LogP contribution in [-0.4, -0.2) is 72.9 Å². The van der Waals surface area contributed by atoms with Crippen molar-refractivity contribution in [3.63, 3.8) is 0 Å². The van der Waals surface area contributed by atoms with Crippen molar-refractivity contribution >= 4 is 33.4 Å². The maximum atomic E-state index is 12.8. The maximum absolute atomic E-state index is 12.8. The number of urea groups is 1. The summed E-state index contributed by atoms with van der Waals surface area (Å²) in [5.74, 6) is 0.723. The molecule has 2 amide bonds. The van der Waals surface area contributed by atoms with Gasteiger partial charge in [0.2, 0.25) is 5.95 Å². The van der Waals surface area contributed by atoms with Crippen molar-refractivity contribution in [2.45, 2.75) is 11.3 Å². The van der Waals surface area contributed by atoms with Gasteiger partial charge >= 0.3 is 6.03 Å². The summed E-state index contributed by atoms with van der Waals surface area (Å²) in [5, 5.41) is 2.62. The molecule has 0 bridgehead atoms. The predicted molar refractivity (Wildman–Crippen MR) is 109 cm³/mol. The molecule has 2 aliphatic rings. The zero-order chi connectivity index (χ0) is 20.4. The van der Waals surface area contributed by atoms with E-state index in [1.54, 1.807) is 24.5 Å². The van der Waals surface area contributed by atoms with Crippen LogP contribution in [0.5, 0.6) is 0 Å². The molecule has 1 saturated heterocycles. The van der Waals surface area contributed by atoms with Gasteiger partial charge in [-0.1, -0.05) is 0 Å². The highest BCUT2D eigenvalue weighted by atomic mass is 32.2. The molecule has 3 heterocycles. The number of aromatic nitrogens is 2. The summed E-state index contributed by atoms with van der Waals surface area (Å²) in [6.45, 7) is 4.09. The Balaban J connectivity index is 1.32. The number of fused-ring (bicyclic) bond motifs is 1. The SMILES string of the molecule is Nc1ccc2c(c1)S(=O)(=O)N(CCCN1CCN(c3ncccn3)CC1)C(=O)N2. The monoisotopic (exact) mass is 417 g/mol. The molecule has 1 aromatic heterocycles. The molecule has 0 unspecified atom stereocenters. The molecular weight excluding hydrogens is 394 g/mol. The van der Waals surface area contributed by atoms with Gasteiger partial charge in [0.15, 0.2) is 0 Å². The largest absolute Gasteiger partial charge is 0.399 e. The van der Waals surface area contributed by atoms with Crippen LogP contribution in [0.15, 0.2) is 41.6 Å². The smallest absolute Gasteiger partial charge is 0.335 e. The number of hydrogen-bond acceptors (Lipinski definition) is 8. The molecular formula is C18H23N7O3S. The van der Waals surface area contributed by atoms with E-state index >= 15 is 0 Å². The van der Waals surface area contributed by atoms with Gasteiger partial charge in [0.1, 0.15) is 4.90 Å². The third-order valence-corrected chi connectivity index (χ3v) is 6.91. The van der Waals surface area contributed by atoms with E-state index in [4.69, 9.17) is 5.73 Å². The van der Waals surface area contributed by atoms with E-state index in [0.717, 1.165) is 36.4 Å². The van der Waals surface area contributed by atoms with Crippen molar-refractivity contribution < 1.29 is 13.2 Å². The number of hydrogen-bond donors (Lipinski definition) is 2. The molecule has 29 heavy (non-hydrogen) atoms. The molecule has 0 saturated carbocycles. The second kappa shape index (κ2) is 7.84. The third kappa shape index (κ3) is 3.96. The Kier molecular flexibility index (Phi) is 5.24.